The fourth-order valence-electron chi connectivity index (χ4n) is 2.14. The number of nitrogens with zero attached hydrogens (tertiary/aromatic N) is 2. The summed E-state index contributed by atoms with van der Waals surface area (Å²) in [5, 5.41) is 11.4. The molecule has 0 aliphatic carbocycles. The second-order valence-electron chi connectivity index (χ2n) is 4.99. The molecule has 1 aliphatic heterocycles. The monoisotopic (exact) mass is 371 g/mol. The zero-order valence-corrected chi connectivity index (χ0v) is 17.6. The number of nitriles is 1. The number of nitrogens with one attached hydrogen (secondary N) is 1. The van der Waals surface area contributed by atoms with Crippen molar-refractivity contribution in [2.45, 2.75) is 0 Å². The molecule has 1 saturated heterocycles. The van der Waals surface area contributed by atoms with Gasteiger partial charge in [0.25, 0.3) is 5.91 Å². The fourth-order valence-corrected chi connectivity index (χ4v) is 2.91. The normalized spacial score (nSPS) is 16.7. The van der Waals surface area contributed by atoms with E-state index < -0.39 is 0 Å². The molecule has 2 aromatic carbocycles. The topological polar surface area (TPSA) is 65.2 Å². The molecule has 1 amide bonds. The van der Waals surface area contributed by atoms with E-state index in [4.69, 9.17) is 5.26 Å². The first-order valence-corrected chi connectivity index (χ1v) is 8.07. The summed E-state index contributed by atoms with van der Waals surface area (Å²) in [6.45, 7) is 0. The van der Waals surface area contributed by atoms with E-state index in [2.05, 4.69) is 16.4 Å². The van der Waals surface area contributed by atoms with Gasteiger partial charge in [0.1, 0.15) is 0 Å². The van der Waals surface area contributed by atoms with E-state index in [0.717, 1.165) is 28.5 Å². The van der Waals surface area contributed by atoms with Crippen LogP contribution in [0.4, 0.5) is 0 Å². The zero-order chi connectivity index (χ0) is 16.8. The molecule has 0 spiro atoms. The SMILES string of the molecule is N#CN=C1NC(=O)/C(=C\c2ccc(/C=C/c3ccccc3)cc2)S1.[H-].[K+]. The maximum atomic E-state index is 11.8. The van der Waals surface area contributed by atoms with Gasteiger partial charge in [0.2, 0.25) is 6.19 Å². The van der Waals surface area contributed by atoms with E-state index >= 15 is 0 Å². The first-order valence-electron chi connectivity index (χ1n) is 7.25. The summed E-state index contributed by atoms with van der Waals surface area (Å²) in [7, 11) is 0. The van der Waals surface area contributed by atoms with Gasteiger partial charge in [-0.3, -0.25) is 10.1 Å². The summed E-state index contributed by atoms with van der Waals surface area (Å²) in [5.41, 5.74) is 3.14. The molecule has 1 aliphatic rings. The average molecular weight is 372 g/mol. The minimum Gasteiger partial charge on any atom is -1.00 e. The van der Waals surface area contributed by atoms with Crippen molar-refractivity contribution in [2.75, 3.05) is 0 Å². The molecule has 25 heavy (non-hydrogen) atoms. The van der Waals surface area contributed by atoms with Crippen LogP contribution in [0.2, 0.25) is 0 Å². The third kappa shape index (κ3) is 5.78. The number of carbonyl (C=O) groups excluding carboxylic acids is 1. The summed E-state index contributed by atoms with van der Waals surface area (Å²) in [6, 6.07) is 18.0. The predicted molar refractivity (Wildman–Crippen MR) is 99.7 cm³/mol. The average Bonchev–Trinajstić information content (AvgIpc) is 2.95. The van der Waals surface area contributed by atoms with Crippen molar-refractivity contribution in [3.05, 3.63) is 76.2 Å². The van der Waals surface area contributed by atoms with Gasteiger partial charge in [0, 0.05) is 0 Å². The Labute approximate surface area is 194 Å². The Morgan fingerprint density at radius 3 is 2.24 bits per heavy atom. The van der Waals surface area contributed by atoms with E-state index in [1.54, 1.807) is 12.3 Å². The summed E-state index contributed by atoms with van der Waals surface area (Å²) < 4.78 is 0. The van der Waals surface area contributed by atoms with Gasteiger partial charge >= 0.3 is 51.4 Å². The first kappa shape index (κ1) is 19.9. The van der Waals surface area contributed by atoms with E-state index in [1.165, 1.54) is 0 Å². The zero-order valence-electron chi connectivity index (χ0n) is 14.6. The Hall–Kier alpha value is -1.46. The van der Waals surface area contributed by atoms with Gasteiger partial charge in [-0.05, 0) is 34.5 Å². The molecule has 1 N–H and O–H groups in total. The summed E-state index contributed by atoms with van der Waals surface area (Å²) in [5.74, 6) is -0.234. The third-order valence-electron chi connectivity index (χ3n) is 3.30. The van der Waals surface area contributed by atoms with Crippen LogP contribution in [0.1, 0.15) is 18.1 Å². The molecule has 1 fully saturated rings. The van der Waals surface area contributed by atoms with Gasteiger partial charge in [-0.2, -0.15) is 5.26 Å². The molecule has 0 aromatic heterocycles. The molecule has 0 unspecified atom stereocenters. The number of carbonyl (C=O) groups is 1. The molecule has 0 saturated carbocycles. The van der Waals surface area contributed by atoms with Crippen molar-refractivity contribution < 1.29 is 57.6 Å². The first-order chi connectivity index (χ1) is 11.7. The summed E-state index contributed by atoms with van der Waals surface area (Å²) in [4.78, 5) is 15.8. The summed E-state index contributed by atoms with van der Waals surface area (Å²) >= 11 is 1.16. The number of benzene rings is 2. The Kier molecular flexibility index (Phi) is 7.84. The van der Waals surface area contributed by atoms with Crippen molar-refractivity contribution in [3.63, 3.8) is 0 Å². The smallest absolute Gasteiger partial charge is 1.00 e. The second-order valence-corrected chi connectivity index (χ2v) is 6.02. The standard InChI is InChI=1S/C19H13N3OS.K.H/c20-13-21-19-22-18(23)17(24-19)12-16-10-8-15(9-11-16)7-6-14-4-2-1-3-5-14;;/h1-12H,(H,21,22,23);;/q;+1;-1/b7-6+,17-12+;;. The van der Waals surface area contributed by atoms with Crippen LogP contribution in [0, 0.1) is 11.5 Å². The van der Waals surface area contributed by atoms with Gasteiger partial charge in [-0.25, -0.2) is 0 Å². The Morgan fingerprint density at radius 2 is 1.60 bits per heavy atom. The number of aliphatic imine (C=N–C) groups is 1. The maximum absolute atomic E-state index is 11.8. The van der Waals surface area contributed by atoms with E-state index in [0.29, 0.717) is 10.1 Å². The molecule has 0 radical (unpaired) electrons. The third-order valence-corrected chi connectivity index (χ3v) is 4.21. The second kappa shape index (κ2) is 9.87. The van der Waals surface area contributed by atoms with E-state index in [1.807, 2.05) is 60.7 Å². The van der Waals surface area contributed by atoms with E-state index in [9.17, 15) is 4.79 Å². The van der Waals surface area contributed by atoms with Gasteiger partial charge < -0.3 is 1.43 Å². The van der Waals surface area contributed by atoms with Gasteiger partial charge in [-0.1, -0.05) is 66.7 Å². The Morgan fingerprint density at radius 1 is 1.00 bits per heavy atom. The van der Waals surface area contributed by atoms with Crippen LogP contribution in [0.3, 0.4) is 0 Å². The van der Waals surface area contributed by atoms with Crippen LogP contribution in [-0.4, -0.2) is 11.1 Å². The van der Waals surface area contributed by atoms with Crippen molar-refractivity contribution in [1.29, 1.82) is 5.26 Å². The van der Waals surface area contributed by atoms with Crippen LogP contribution in [-0.2, 0) is 4.79 Å². The predicted octanol–water partition coefficient (Wildman–Crippen LogP) is 1.01. The largest absolute Gasteiger partial charge is 1.00 e. The molecule has 6 heteroatoms. The number of rotatable bonds is 3. The summed E-state index contributed by atoms with van der Waals surface area (Å²) in [6.07, 6.45) is 7.55. The molecular formula is C19H14KN3OS. The Balaban J connectivity index is 0.00000169. The minimum atomic E-state index is -0.234. The fraction of sp³-hybridized carbons (Fsp3) is 0. The van der Waals surface area contributed by atoms with Gasteiger partial charge in [0.05, 0.1) is 4.91 Å². The van der Waals surface area contributed by atoms with Gasteiger partial charge in [0.15, 0.2) is 5.17 Å². The molecule has 4 nitrogen and oxygen atoms in total. The number of thioether (sulfide) groups is 1. The Bertz CT molecular complexity index is 887. The molecular weight excluding hydrogens is 357 g/mol. The van der Waals surface area contributed by atoms with Crippen LogP contribution >= 0.6 is 11.8 Å². The molecule has 3 rings (SSSR count). The molecule has 1 heterocycles. The molecule has 118 valence electrons. The van der Waals surface area contributed by atoms with Crippen LogP contribution < -0.4 is 56.7 Å². The van der Waals surface area contributed by atoms with Gasteiger partial charge in [-0.15, -0.1) is 4.99 Å². The van der Waals surface area contributed by atoms with Crippen molar-refractivity contribution in [2.24, 2.45) is 4.99 Å². The number of hydrogen-bond donors (Lipinski definition) is 1. The molecule has 2 aromatic rings. The van der Waals surface area contributed by atoms with Crippen LogP contribution in [0.5, 0.6) is 0 Å². The minimum absolute atomic E-state index is 0. The van der Waals surface area contributed by atoms with Crippen molar-refractivity contribution >= 4 is 41.1 Å². The number of amides is 1. The number of hydrogen-bond acceptors (Lipinski definition) is 4. The number of amidine groups is 1. The molecule has 0 bridgehead atoms. The molecule has 0 atom stereocenters. The quantitative estimate of drug-likeness (QED) is 0.379. The van der Waals surface area contributed by atoms with Crippen molar-refractivity contribution in [1.82, 2.24) is 5.32 Å². The maximum Gasteiger partial charge on any atom is 1.00 e. The van der Waals surface area contributed by atoms with Crippen molar-refractivity contribution in [3.8, 4) is 6.19 Å². The van der Waals surface area contributed by atoms with E-state index in [-0.39, 0.29) is 58.7 Å². The van der Waals surface area contributed by atoms with Crippen LogP contribution in [0.15, 0.2) is 64.5 Å². The van der Waals surface area contributed by atoms with Crippen LogP contribution in [0.25, 0.3) is 18.2 Å².